The van der Waals surface area contributed by atoms with Crippen LogP contribution in [0.15, 0.2) is 57.7 Å². The largest absolute Gasteiger partial charge is 0.356 e. The highest BCUT2D eigenvalue weighted by molar-refractivity contribution is 14.0. The Balaban J connectivity index is 0.00000272. The zero-order chi connectivity index (χ0) is 20.8. The number of rotatable bonds is 9. The van der Waals surface area contributed by atoms with Gasteiger partial charge in [0, 0.05) is 34.7 Å². The fourth-order valence-corrected chi connectivity index (χ4v) is 5.06. The average molecular weight is 569 g/mol. The Kier molecular flexibility index (Phi) is 8.79. The Hall–Kier alpha value is -1.59. The first-order valence-corrected chi connectivity index (χ1v) is 12.0. The van der Waals surface area contributed by atoms with Crippen molar-refractivity contribution in [1.82, 2.24) is 25.4 Å². The molecule has 2 N–H and O–H groups in total. The van der Waals surface area contributed by atoms with Gasteiger partial charge in [0.2, 0.25) is 0 Å². The average Bonchev–Trinajstić information content (AvgIpc) is 3.16. The van der Waals surface area contributed by atoms with Gasteiger partial charge in [-0.05, 0) is 49.8 Å². The minimum atomic E-state index is 0. The Labute approximate surface area is 209 Å². The van der Waals surface area contributed by atoms with E-state index >= 15 is 0 Å². The van der Waals surface area contributed by atoms with E-state index in [9.17, 15) is 0 Å². The summed E-state index contributed by atoms with van der Waals surface area (Å²) in [6, 6.07) is 14.9. The SMILES string of the molecule is Cc1nnc(CN=C(NCCc2cccs2)NCC2(Sc3ccccc3)CC2)n1C.I. The van der Waals surface area contributed by atoms with E-state index in [4.69, 9.17) is 4.99 Å². The maximum atomic E-state index is 4.79. The summed E-state index contributed by atoms with van der Waals surface area (Å²) in [7, 11) is 1.98. The standard InChI is InChI=1S/C22H28N6S2.HI/c1-17-26-27-20(28(17)2)15-24-21(23-13-10-18-9-6-14-29-18)25-16-22(11-12-22)30-19-7-4-3-5-8-19;/h3-9,14H,10-13,15-16H2,1-2H3,(H2,23,24,25);1H. The molecular weight excluding hydrogens is 539 g/mol. The number of thioether (sulfide) groups is 1. The Morgan fingerprint density at radius 3 is 2.61 bits per heavy atom. The highest BCUT2D eigenvalue weighted by Crippen LogP contribution is 2.51. The monoisotopic (exact) mass is 568 g/mol. The molecule has 31 heavy (non-hydrogen) atoms. The highest BCUT2D eigenvalue weighted by Gasteiger charge is 2.43. The lowest BCUT2D eigenvalue weighted by Crippen LogP contribution is -2.42. The van der Waals surface area contributed by atoms with E-state index in [1.54, 1.807) is 11.3 Å². The summed E-state index contributed by atoms with van der Waals surface area (Å²) in [6.45, 7) is 4.21. The van der Waals surface area contributed by atoms with Crippen LogP contribution in [0.4, 0.5) is 0 Å². The van der Waals surface area contributed by atoms with Crippen LogP contribution in [-0.2, 0) is 20.0 Å². The zero-order valence-electron chi connectivity index (χ0n) is 17.9. The molecule has 1 aromatic carbocycles. The first kappa shape index (κ1) is 24.1. The zero-order valence-corrected chi connectivity index (χ0v) is 21.8. The molecule has 166 valence electrons. The molecule has 1 saturated carbocycles. The minimum Gasteiger partial charge on any atom is -0.356 e. The molecule has 3 aromatic rings. The second-order valence-corrected chi connectivity index (χ2v) is 10.2. The van der Waals surface area contributed by atoms with Crippen LogP contribution >= 0.6 is 47.1 Å². The molecule has 0 aliphatic heterocycles. The number of nitrogens with one attached hydrogen (secondary N) is 2. The van der Waals surface area contributed by atoms with E-state index in [0.717, 1.165) is 37.1 Å². The summed E-state index contributed by atoms with van der Waals surface area (Å²) < 4.78 is 2.25. The van der Waals surface area contributed by atoms with Crippen LogP contribution in [0.5, 0.6) is 0 Å². The molecule has 1 fully saturated rings. The summed E-state index contributed by atoms with van der Waals surface area (Å²) in [5.74, 6) is 2.61. The van der Waals surface area contributed by atoms with Crippen LogP contribution in [-0.4, -0.2) is 38.6 Å². The van der Waals surface area contributed by atoms with E-state index in [2.05, 4.69) is 68.7 Å². The van der Waals surface area contributed by atoms with Gasteiger partial charge in [-0.15, -0.1) is 57.3 Å². The fourth-order valence-electron chi connectivity index (χ4n) is 3.11. The van der Waals surface area contributed by atoms with Crippen molar-refractivity contribution < 1.29 is 0 Å². The molecule has 0 bridgehead atoms. The summed E-state index contributed by atoms with van der Waals surface area (Å²) in [5, 5.41) is 17.6. The molecule has 2 aromatic heterocycles. The van der Waals surface area contributed by atoms with Gasteiger partial charge in [-0.1, -0.05) is 24.3 Å². The molecule has 0 amide bonds. The Bertz CT molecular complexity index is 967. The number of hydrogen-bond donors (Lipinski definition) is 2. The lowest BCUT2D eigenvalue weighted by atomic mass is 10.3. The summed E-state index contributed by atoms with van der Waals surface area (Å²) in [5.41, 5.74) is 0. The first-order chi connectivity index (χ1) is 14.6. The molecule has 6 nitrogen and oxygen atoms in total. The van der Waals surface area contributed by atoms with Crippen LogP contribution in [0, 0.1) is 6.92 Å². The van der Waals surface area contributed by atoms with Gasteiger partial charge in [0.05, 0.1) is 0 Å². The van der Waals surface area contributed by atoms with E-state index in [0.29, 0.717) is 6.54 Å². The van der Waals surface area contributed by atoms with Crippen molar-refractivity contribution in [2.75, 3.05) is 13.1 Å². The predicted octanol–water partition coefficient (Wildman–Crippen LogP) is 4.41. The Morgan fingerprint density at radius 1 is 1.16 bits per heavy atom. The molecule has 2 heterocycles. The molecule has 0 atom stereocenters. The molecule has 1 aliphatic carbocycles. The summed E-state index contributed by atoms with van der Waals surface area (Å²) in [6.07, 6.45) is 3.44. The van der Waals surface area contributed by atoms with Gasteiger partial charge in [0.25, 0.3) is 0 Å². The van der Waals surface area contributed by atoms with Crippen LogP contribution in [0.1, 0.15) is 29.4 Å². The highest BCUT2D eigenvalue weighted by atomic mass is 127. The molecule has 4 rings (SSSR count). The van der Waals surface area contributed by atoms with Crippen LogP contribution in [0.25, 0.3) is 0 Å². The number of aryl methyl sites for hydroxylation is 1. The third kappa shape index (κ3) is 6.95. The molecule has 0 spiro atoms. The molecule has 0 saturated heterocycles. The van der Waals surface area contributed by atoms with Gasteiger partial charge in [-0.2, -0.15) is 0 Å². The van der Waals surface area contributed by atoms with Gasteiger partial charge in [0.1, 0.15) is 12.4 Å². The normalized spacial score (nSPS) is 14.7. The van der Waals surface area contributed by atoms with Gasteiger partial charge in [-0.25, -0.2) is 4.99 Å². The lowest BCUT2D eigenvalue weighted by molar-refractivity contribution is 0.736. The van der Waals surface area contributed by atoms with Crippen LogP contribution in [0.2, 0.25) is 0 Å². The predicted molar refractivity (Wildman–Crippen MR) is 141 cm³/mol. The van der Waals surface area contributed by atoms with Gasteiger partial charge >= 0.3 is 0 Å². The molecule has 1 aliphatic rings. The lowest BCUT2D eigenvalue weighted by Gasteiger charge is -2.18. The molecule has 0 radical (unpaired) electrons. The number of halogens is 1. The van der Waals surface area contributed by atoms with Crippen LogP contribution in [0.3, 0.4) is 0 Å². The van der Waals surface area contributed by atoms with Crippen molar-refractivity contribution in [2.24, 2.45) is 12.0 Å². The van der Waals surface area contributed by atoms with Crippen molar-refractivity contribution in [3.8, 4) is 0 Å². The maximum absolute atomic E-state index is 4.79. The second kappa shape index (κ2) is 11.3. The third-order valence-corrected chi connectivity index (χ3v) is 7.70. The number of aliphatic imine (C=N–C) groups is 1. The smallest absolute Gasteiger partial charge is 0.191 e. The first-order valence-electron chi connectivity index (χ1n) is 10.3. The van der Waals surface area contributed by atoms with E-state index < -0.39 is 0 Å². The number of guanidine groups is 1. The topological polar surface area (TPSA) is 67.1 Å². The summed E-state index contributed by atoms with van der Waals surface area (Å²) >= 11 is 3.76. The van der Waals surface area contributed by atoms with Crippen molar-refractivity contribution >= 4 is 53.0 Å². The van der Waals surface area contributed by atoms with Crippen molar-refractivity contribution in [3.63, 3.8) is 0 Å². The summed E-state index contributed by atoms with van der Waals surface area (Å²) in [4.78, 5) is 7.50. The number of benzene rings is 1. The Morgan fingerprint density at radius 2 is 1.97 bits per heavy atom. The fraction of sp³-hybridized carbons (Fsp3) is 0.409. The molecule has 9 heteroatoms. The van der Waals surface area contributed by atoms with Gasteiger partial charge in [0.15, 0.2) is 11.8 Å². The second-order valence-electron chi connectivity index (χ2n) is 7.60. The van der Waals surface area contributed by atoms with Gasteiger partial charge < -0.3 is 15.2 Å². The van der Waals surface area contributed by atoms with Crippen molar-refractivity contribution in [1.29, 1.82) is 0 Å². The molecule has 0 unspecified atom stereocenters. The van der Waals surface area contributed by atoms with Crippen molar-refractivity contribution in [2.45, 2.75) is 42.4 Å². The number of hydrogen-bond acceptors (Lipinski definition) is 5. The number of thiophene rings is 1. The van der Waals surface area contributed by atoms with E-state index in [-0.39, 0.29) is 28.7 Å². The van der Waals surface area contributed by atoms with E-state index in [1.807, 2.05) is 30.3 Å². The molecular formula is C22H29IN6S2. The van der Waals surface area contributed by atoms with E-state index in [1.165, 1.54) is 22.6 Å². The number of aromatic nitrogens is 3. The maximum Gasteiger partial charge on any atom is 0.191 e. The quantitative estimate of drug-likeness (QED) is 0.228. The van der Waals surface area contributed by atoms with Gasteiger partial charge in [-0.3, -0.25) is 0 Å². The third-order valence-electron chi connectivity index (χ3n) is 5.27. The van der Waals surface area contributed by atoms with Crippen LogP contribution < -0.4 is 10.6 Å². The van der Waals surface area contributed by atoms with Crippen molar-refractivity contribution in [3.05, 3.63) is 64.4 Å². The minimum absolute atomic E-state index is 0. The number of nitrogens with zero attached hydrogens (tertiary/aromatic N) is 4.